The molecule has 5 heteroatoms. The topological polar surface area (TPSA) is 72.5 Å². The molecule has 1 aliphatic heterocycles. The second kappa shape index (κ2) is 4.66. The third kappa shape index (κ3) is 1.95. The van der Waals surface area contributed by atoms with Crippen molar-refractivity contribution in [3.05, 3.63) is 34.6 Å². The Morgan fingerprint density at radius 2 is 2.05 bits per heavy atom. The third-order valence-corrected chi connectivity index (χ3v) is 5.20. The highest BCUT2D eigenvalue weighted by Gasteiger charge is 2.49. The Kier molecular flexibility index (Phi) is 3.13. The fraction of sp³-hybridized carbons (Fsp3) is 0.471. The first-order valence-corrected chi connectivity index (χ1v) is 7.40. The molecule has 22 heavy (non-hydrogen) atoms. The maximum Gasteiger partial charge on any atom is 0.303 e. The van der Waals surface area contributed by atoms with Crippen LogP contribution in [0, 0.1) is 11.3 Å². The van der Waals surface area contributed by atoms with Gasteiger partial charge in [-0.15, -0.1) is 0 Å². The minimum absolute atomic E-state index is 0.0837. The van der Waals surface area contributed by atoms with Crippen LogP contribution in [0.4, 0.5) is 0 Å². The summed E-state index contributed by atoms with van der Waals surface area (Å²) in [5.41, 5.74) is 3.06. The van der Waals surface area contributed by atoms with Crippen molar-refractivity contribution in [3.63, 3.8) is 0 Å². The van der Waals surface area contributed by atoms with Crippen molar-refractivity contribution in [3.8, 4) is 0 Å². The van der Waals surface area contributed by atoms with Crippen molar-refractivity contribution in [2.45, 2.75) is 40.2 Å². The molecular formula is C17H19NO4. The van der Waals surface area contributed by atoms with Crippen LogP contribution in [0.15, 0.2) is 34.6 Å². The van der Waals surface area contributed by atoms with Crippen LogP contribution >= 0.6 is 0 Å². The quantitative estimate of drug-likeness (QED) is 0.750. The van der Waals surface area contributed by atoms with E-state index in [4.69, 9.17) is 4.74 Å². The number of carbonyl (C=O) groups excluding carboxylic acids is 3. The van der Waals surface area contributed by atoms with E-state index in [2.05, 4.69) is 12.2 Å². The van der Waals surface area contributed by atoms with E-state index >= 15 is 0 Å². The van der Waals surface area contributed by atoms with Crippen LogP contribution in [0.1, 0.15) is 34.1 Å². The minimum Gasteiger partial charge on any atom is -0.454 e. The predicted molar refractivity (Wildman–Crippen MR) is 79.5 cm³/mol. The molecule has 2 aliphatic carbocycles. The van der Waals surface area contributed by atoms with Crippen LogP contribution in [0.3, 0.4) is 0 Å². The van der Waals surface area contributed by atoms with Gasteiger partial charge in [-0.25, -0.2) is 0 Å². The fourth-order valence-corrected chi connectivity index (χ4v) is 3.56. The van der Waals surface area contributed by atoms with Crippen LogP contribution in [0.25, 0.3) is 0 Å². The molecule has 0 spiro atoms. The lowest BCUT2D eigenvalue weighted by Gasteiger charge is -2.45. The Morgan fingerprint density at radius 1 is 1.36 bits per heavy atom. The van der Waals surface area contributed by atoms with E-state index in [0.29, 0.717) is 6.42 Å². The molecule has 1 amide bonds. The fourth-order valence-electron chi connectivity index (χ4n) is 3.56. The molecule has 1 N–H and O–H groups in total. The minimum atomic E-state index is -0.757. The summed E-state index contributed by atoms with van der Waals surface area (Å²) in [6.45, 7) is 7.11. The summed E-state index contributed by atoms with van der Waals surface area (Å²) in [4.78, 5) is 35.4. The van der Waals surface area contributed by atoms with Gasteiger partial charge in [-0.1, -0.05) is 13.8 Å². The molecule has 0 aromatic carbocycles. The molecule has 116 valence electrons. The van der Waals surface area contributed by atoms with Crippen LogP contribution in [-0.2, 0) is 19.1 Å². The summed E-state index contributed by atoms with van der Waals surface area (Å²) in [6.07, 6.45) is 3.33. The van der Waals surface area contributed by atoms with Crippen molar-refractivity contribution in [1.82, 2.24) is 5.32 Å². The highest BCUT2D eigenvalue weighted by molar-refractivity contribution is 6.01. The molecule has 5 nitrogen and oxygen atoms in total. The highest BCUT2D eigenvalue weighted by atomic mass is 16.5. The first-order valence-electron chi connectivity index (χ1n) is 7.40. The lowest BCUT2D eigenvalue weighted by Crippen LogP contribution is -2.47. The van der Waals surface area contributed by atoms with Gasteiger partial charge in [0.1, 0.15) is 0 Å². The summed E-state index contributed by atoms with van der Waals surface area (Å²) in [5, 5.41) is 2.84. The zero-order valence-corrected chi connectivity index (χ0v) is 13.1. The van der Waals surface area contributed by atoms with E-state index in [1.165, 1.54) is 6.92 Å². The normalized spacial score (nSPS) is 33.6. The average Bonchev–Trinajstić information content (AvgIpc) is 2.69. The van der Waals surface area contributed by atoms with Crippen molar-refractivity contribution >= 4 is 17.7 Å². The molecule has 0 radical (unpaired) electrons. The van der Waals surface area contributed by atoms with E-state index in [9.17, 15) is 14.4 Å². The summed E-state index contributed by atoms with van der Waals surface area (Å²) in [6, 6.07) is 0. The van der Waals surface area contributed by atoms with Gasteiger partial charge in [0.2, 0.25) is 0 Å². The molecule has 3 aliphatic rings. The summed E-state index contributed by atoms with van der Waals surface area (Å²) < 4.78 is 5.24. The molecule has 3 atom stereocenters. The van der Waals surface area contributed by atoms with Crippen LogP contribution in [0.5, 0.6) is 0 Å². The number of esters is 1. The second-order valence-corrected chi connectivity index (χ2v) is 6.53. The maximum absolute atomic E-state index is 12.3. The van der Waals surface area contributed by atoms with Gasteiger partial charge in [-0.05, 0) is 36.6 Å². The smallest absolute Gasteiger partial charge is 0.303 e. The van der Waals surface area contributed by atoms with Crippen molar-refractivity contribution in [2.24, 2.45) is 11.3 Å². The summed E-state index contributed by atoms with van der Waals surface area (Å²) >= 11 is 0. The SMILES string of the molecule is CC(=O)O[C@H]1C(=O)C=C2C=C3NC(=O)C(C)=C3C[C@]2(C)[C@H]1C. The van der Waals surface area contributed by atoms with E-state index in [1.54, 1.807) is 6.08 Å². The maximum atomic E-state index is 12.3. The largest absolute Gasteiger partial charge is 0.454 e. The number of allylic oxidation sites excluding steroid dienone is 3. The van der Waals surface area contributed by atoms with E-state index in [0.717, 1.165) is 22.4 Å². The molecule has 1 heterocycles. The van der Waals surface area contributed by atoms with Crippen molar-refractivity contribution < 1.29 is 19.1 Å². The number of ketones is 1. The number of nitrogens with one attached hydrogen (secondary N) is 1. The van der Waals surface area contributed by atoms with Crippen LogP contribution < -0.4 is 5.32 Å². The summed E-state index contributed by atoms with van der Waals surface area (Å²) in [7, 11) is 0. The van der Waals surface area contributed by atoms with Gasteiger partial charge in [0.15, 0.2) is 11.9 Å². The molecule has 0 saturated carbocycles. The first-order chi connectivity index (χ1) is 10.2. The lowest BCUT2D eigenvalue weighted by atomic mass is 9.60. The van der Waals surface area contributed by atoms with Crippen LogP contribution in [-0.4, -0.2) is 23.8 Å². The Bertz CT molecular complexity index is 697. The third-order valence-electron chi connectivity index (χ3n) is 5.20. The standard InChI is InChI=1S/C17H19NO4/c1-8-12-7-17(4)9(2)15(22-10(3)19)14(20)6-11(17)5-13(12)18-16(8)21/h5-6,9,15H,7H2,1-4H3,(H,18,21)/t9-,15+,17+/m0/s1. The Balaban J connectivity index is 2.08. The molecule has 0 saturated heterocycles. The van der Waals surface area contributed by atoms with Crippen LogP contribution in [0.2, 0.25) is 0 Å². The molecule has 0 fully saturated rings. The monoisotopic (exact) mass is 301 g/mol. The Labute approximate surface area is 129 Å². The molecule has 0 aromatic heterocycles. The van der Waals surface area contributed by atoms with Gasteiger partial charge < -0.3 is 10.1 Å². The molecular weight excluding hydrogens is 282 g/mol. The van der Waals surface area contributed by atoms with E-state index < -0.39 is 12.1 Å². The van der Waals surface area contributed by atoms with Gasteiger partial charge in [-0.2, -0.15) is 0 Å². The van der Waals surface area contributed by atoms with Gasteiger partial charge in [0.25, 0.3) is 5.91 Å². The van der Waals surface area contributed by atoms with Crippen molar-refractivity contribution in [2.75, 3.05) is 0 Å². The lowest BCUT2D eigenvalue weighted by molar-refractivity contribution is -0.157. The van der Waals surface area contributed by atoms with Gasteiger partial charge >= 0.3 is 5.97 Å². The summed E-state index contributed by atoms with van der Waals surface area (Å²) in [5.74, 6) is -0.886. The van der Waals surface area contributed by atoms with E-state index in [1.807, 2.05) is 19.9 Å². The van der Waals surface area contributed by atoms with Gasteiger partial charge in [-0.3, -0.25) is 14.4 Å². The second-order valence-electron chi connectivity index (χ2n) is 6.53. The number of amides is 1. The Morgan fingerprint density at radius 3 is 2.68 bits per heavy atom. The van der Waals surface area contributed by atoms with Crippen molar-refractivity contribution in [1.29, 1.82) is 0 Å². The van der Waals surface area contributed by atoms with E-state index in [-0.39, 0.29) is 23.0 Å². The van der Waals surface area contributed by atoms with Gasteiger partial charge in [0.05, 0.1) is 0 Å². The zero-order valence-electron chi connectivity index (χ0n) is 13.1. The number of ether oxygens (including phenoxy) is 1. The predicted octanol–water partition coefficient (Wildman–Crippen LogP) is 1.80. The number of fused-ring (bicyclic) bond motifs is 2. The number of hydrogen-bond acceptors (Lipinski definition) is 4. The number of hydrogen-bond donors (Lipinski definition) is 1. The Hall–Kier alpha value is -2.17. The molecule has 3 rings (SSSR count). The number of rotatable bonds is 1. The van der Waals surface area contributed by atoms with Gasteiger partial charge in [0, 0.05) is 29.5 Å². The molecule has 0 aromatic rings. The number of carbonyl (C=O) groups is 3. The highest BCUT2D eigenvalue weighted by Crippen LogP contribution is 2.52. The molecule has 0 unspecified atom stereocenters. The average molecular weight is 301 g/mol. The first kappa shape index (κ1) is 14.8. The zero-order chi connectivity index (χ0) is 16.2. The molecule has 0 bridgehead atoms.